The minimum absolute atomic E-state index is 0.0580. The van der Waals surface area contributed by atoms with Crippen LogP contribution in [0.15, 0.2) is 54.7 Å². The van der Waals surface area contributed by atoms with E-state index < -0.39 is 23.7 Å². The summed E-state index contributed by atoms with van der Waals surface area (Å²) < 4.78 is 25.7. The highest BCUT2D eigenvalue weighted by Crippen LogP contribution is 2.23. The van der Waals surface area contributed by atoms with Crippen LogP contribution in [-0.4, -0.2) is 34.8 Å². The number of methoxy groups -OCH3 is 1. The first-order chi connectivity index (χ1) is 14.4. The molecule has 1 atom stereocenters. The minimum Gasteiger partial charge on any atom is -0.494 e. The predicted octanol–water partition coefficient (Wildman–Crippen LogP) is 2.56. The van der Waals surface area contributed by atoms with E-state index in [0.29, 0.717) is 11.4 Å². The summed E-state index contributed by atoms with van der Waals surface area (Å²) >= 11 is 0. The summed E-state index contributed by atoms with van der Waals surface area (Å²) in [5, 5.41) is 4.22. The molecule has 0 aliphatic heterocycles. The van der Waals surface area contributed by atoms with Crippen molar-refractivity contribution in [3.05, 3.63) is 71.8 Å². The van der Waals surface area contributed by atoms with Crippen molar-refractivity contribution < 1.29 is 23.5 Å². The van der Waals surface area contributed by atoms with Gasteiger partial charge in [0, 0.05) is 6.20 Å². The largest absolute Gasteiger partial charge is 0.494 e. The molecule has 0 spiro atoms. The molecule has 0 bridgehead atoms. The number of aromatic nitrogens is 2. The molecule has 0 radical (unpaired) electrons. The van der Waals surface area contributed by atoms with Crippen molar-refractivity contribution in [1.29, 1.82) is 0 Å². The monoisotopic (exact) mass is 412 g/mol. The average molecular weight is 412 g/mol. The first-order valence-corrected chi connectivity index (χ1v) is 9.11. The van der Waals surface area contributed by atoms with Crippen molar-refractivity contribution in [1.82, 2.24) is 20.6 Å². The number of carbonyl (C=O) groups excluding carboxylic acids is 2. The van der Waals surface area contributed by atoms with Crippen LogP contribution in [0.5, 0.6) is 11.5 Å². The van der Waals surface area contributed by atoms with E-state index in [0.717, 1.165) is 5.56 Å². The number of hydrogen-bond acceptors (Lipinski definition) is 5. The Morgan fingerprint density at radius 2 is 1.87 bits per heavy atom. The number of nitrogens with zero attached hydrogens (tertiary/aromatic N) is 2. The Labute approximate surface area is 172 Å². The van der Waals surface area contributed by atoms with Gasteiger partial charge in [-0.1, -0.05) is 18.2 Å². The number of hydrazine groups is 1. The van der Waals surface area contributed by atoms with Crippen LogP contribution < -0.4 is 20.3 Å². The normalized spacial score (nSPS) is 11.5. The van der Waals surface area contributed by atoms with Gasteiger partial charge in [0.15, 0.2) is 23.4 Å². The molecule has 2 amide bonds. The zero-order valence-corrected chi connectivity index (χ0v) is 16.7. The molecular formula is C21H21FN4O4. The van der Waals surface area contributed by atoms with Crippen LogP contribution in [0.1, 0.15) is 23.0 Å². The van der Waals surface area contributed by atoms with Gasteiger partial charge in [-0.25, -0.2) is 9.07 Å². The van der Waals surface area contributed by atoms with Crippen LogP contribution in [0, 0.1) is 12.7 Å². The van der Waals surface area contributed by atoms with Gasteiger partial charge in [-0.05, 0) is 49.7 Å². The second-order valence-corrected chi connectivity index (χ2v) is 6.45. The van der Waals surface area contributed by atoms with Crippen LogP contribution in [0.25, 0.3) is 5.69 Å². The van der Waals surface area contributed by atoms with Crippen LogP contribution in [0.2, 0.25) is 0 Å². The third-order valence-corrected chi connectivity index (χ3v) is 4.21. The van der Waals surface area contributed by atoms with Gasteiger partial charge >= 0.3 is 0 Å². The molecular weight excluding hydrogens is 391 g/mol. The number of para-hydroxylation sites is 1. The van der Waals surface area contributed by atoms with E-state index in [1.54, 1.807) is 19.4 Å². The fraction of sp³-hybridized carbons (Fsp3) is 0.190. The molecule has 0 aliphatic rings. The van der Waals surface area contributed by atoms with Crippen LogP contribution in [0.3, 0.4) is 0 Å². The lowest BCUT2D eigenvalue weighted by molar-refractivity contribution is -0.128. The topological polar surface area (TPSA) is 94.5 Å². The molecule has 0 saturated carbocycles. The third kappa shape index (κ3) is 4.75. The maximum atomic E-state index is 13.6. The van der Waals surface area contributed by atoms with Gasteiger partial charge < -0.3 is 9.47 Å². The fourth-order valence-corrected chi connectivity index (χ4v) is 2.63. The predicted molar refractivity (Wildman–Crippen MR) is 107 cm³/mol. The van der Waals surface area contributed by atoms with E-state index in [1.165, 1.54) is 35.9 Å². The van der Waals surface area contributed by atoms with Gasteiger partial charge in [0.25, 0.3) is 11.8 Å². The van der Waals surface area contributed by atoms with Gasteiger partial charge in [0.05, 0.1) is 7.11 Å². The lowest BCUT2D eigenvalue weighted by Crippen LogP contribution is -2.47. The molecule has 30 heavy (non-hydrogen) atoms. The highest BCUT2D eigenvalue weighted by Gasteiger charge is 2.18. The summed E-state index contributed by atoms with van der Waals surface area (Å²) in [5.74, 6) is -1.31. The van der Waals surface area contributed by atoms with Crippen LogP contribution in [-0.2, 0) is 4.79 Å². The molecule has 156 valence electrons. The molecule has 8 nitrogen and oxygen atoms in total. The van der Waals surface area contributed by atoms with Crippen molar-refractivity contribution in [2.75, 3.05) is 7.11 Å². The minimum atomic E-state index is -1.03. The van der Waals surface area contributed by atoms with Gasteiger partial charge in [-0.2, -0.15) is 5.10 Å². The lowest BCUT2D eigenvalue weighted by Gasteiger charge is -2.15. The third-order valence-electron chi connectivity index (χ3n) is 4.21. The Morgan fingerprint density at radius 3 is 2.60 bits per heavy atom. The maximum absolute atomic E-state index is 13.6. The van der Waals surface area contributed by atoms with Crippen LogP contribution >= 0.6 is 0 Å². The van der Waals surface area contributed by atoms with E-state index in [-0.39, 0.29) is 11.4 Å². The van der Waals surface area contributed by atoms with E-state index in [4.69, 9.17) is 9.47 Å². The summed E-state index contributed by atoms with van der Waals surface area (Å²) in [6, 6.07) is 12.8. The van der Waals surface area contributed by atoms with E-state index in [1.807, 2.05) is 25.1 Å². The Hall–Kier alpha value is -3.88. The lowest BCUT2D eigenvalue weighted by atomic mass is 10.2. The van der Waals surface area contributed by atoms with E-state index in [9.17, 15) is 14.0 Å². The zero-order chi connectivity index (χ0) is 21.7. The van der Waals surface area contributed by atoms with Gasteiger partial charge in [0.2, 0.25) is 0 Å². The molecule has 0 fully saturated rings. The van der Waals surface area contributed by atoms with Crippen molar-refractivity contribution in [3.8, 4) is 17.2 Å². The molecule has 3 aromatic rings. The molecule has 2 aromatic carbocycles. The Morgan fingerprint density at radius 1 is 1.10 bits per heavy atom. The first-order valence-electron chi connectivity index (χ1n) is 9.11. The van der Waals surface area contributed by atoms with Crippen molar-refractivity contribution in [3.63, 3.8) is 0 Å². The molecule has 1 heterocycles. The number of nitrogens with one attached hydrogen (secondary N) is 2. The summed E-state index contributed by atoms with van der Waals surface area (Å²) in [5.41, 5.74) is 6.27. The Balaban J connectivity index is 1.61. The second kappa shape index (κ2) is 9.08. The summed E-state index contributed by atoms with van der Waals surface area (Å²) in [7, 11) is 1.55. The summed E-state index contributed by atoms with van der Waals surface area (Å²) in [4.78, 5) is 24.4. The quantitative estimate of drug-likeness (QED) is 0.607. The molecule has 2 N–H and O–H groups in total. The van der Waals surface area contributed by atoms with Crippen molar-refractivity contribution in [2.45, 2.75) is 20.0 Å². The smallest absolute Gasteiger partial charge is 0.290 e. The maximum Gasteiger partial charge on any atom is 0.290 e. The second-order valence-electron chi connectivity index (χ2n) is 6.45. The SMILES string of the molecule is COc1ccc(C)cc1-n1ccc(C(=O)NNC(=O)C(C)Oc2ccccc2F)n1. The standard InChI is InChI=1S/C21H21FN4O4/c1-13-8-9-19(29-3)17(12-13)26-11-10-16(25-26)21(28)24-23-20(27)14(2)30-18-7-5-4-6-15(18)22/h4-12,14H,1-3H3,(H,23,27)(H,24,28). The number of carbonyl (C=O) groups is 2. The van der Waals surface area contributed by atoms with Gasteiger partial charge in [-0.3, -0.25) is 20.4 Å². The first kappa shape index (κ1) is 20.8. The molecule has 0 aliphatic carbocycles. The Bertz CT molecular complexity index is 1070. The molecule has 0 saturated heterocycles. The highest BCUT2D eigenvalue weighted by atomic mass is 19.1. The number of rotatable bonds is 6. The molecule has 3 rings (SSSR count). The number of hydrogen-bond donors (Lipinski definition) is 2. The number of amides is 2. The van der Waals surface area contributed by atoms with E-state index in [2.05, 4.69) is 16.0 Å². The van der Waals surface area contributed by atoms with Gasteiger partial charge in [-0.15, -0.1) is 0 Å². The summed E-state index contributed by atoms with van der Waals surface area (Å²) in [6.07, 6.45) is 0.578. The van der Waals surface area contributed by atoms with Gasteiger partial charge in [0.1, 0.15) is 11.4 Å². The number of aryl methyl sites for hydroxylation is 1. The molecule has 1 unspecified atom stereocenters. The summed E-state index contributed by atoms with van der Waals surface area (Å²) in [6.45, 7) is 3.37. The Kier molecular flexibility index (Phi) is 6.31. The molecule has 1 aromatic heterocycles. The number of benzene rings is 2. The van der Waals surface area contributed by atoms with Crippen molar-refractivity contribution >= 4 is 11.8 Å². The molecule has 9 heteroatoms. The highest BCUT2D eigenvalue weighted by molar-refractivity contribution is 5.94. The fourth-order valence-electron chi connectivity index (χ4n) is 2.63. The number of ether oxygens (including phenoxy) is 2. The zero-order valence-electron chi connectivity index (χ0n) is 16.7. The van der Waals surface area contributed by atoms with Crippen LogP contribution in [0.4, 0.5) is 4.39 Å². The average Bonchev–Trinajstić information content (AvgIpc) is 3.23. The van der Waals surface area contributed by atoms with Crippen molar-refractivity contribution in [2.24, 2.45) is 0 Å². The van der Waals surface area contributed by atoms with E-state index >= 15 is 0 Å². The number of halogens is 1.